The van der Waals surface area contributed by atoms with Crippen molar-refractivity contribution < 1.29 is 4.79 Å². The number of carbonyl (C=O) groups excluding carboxylic acids is 1. The zero-order valence-corrected chi connectivity index (χ0v) is 15.2. The minimum absolute atomic E-state index is 0.0246. The molecule has 1 amide bonds. The Kier molecular flexibility index (Phi) is 5.47. The molecule has 0 saturated heterocycles. The van der Waals surface area contributed by atoms with E-state index in [0.29, 0.717) is 6.42 Å². The predicted octanol–water partition coefficient (Wildman–Crippen LogP) is 4.66. The van der Waals surface area contributed by atoms with E-state index in [2.05, 4.69) is 34.6 Å². The third-order valence-corrected chi connectivity index (χ3v) is 4.63. The second kappa shape index (κ2) is 7.96. The molecule has 1 aromatic heterocycles. The summed E-state index contributed by atoms with van der Waals surface area (Å²) in [6, 6.07) is 24.3. The highest BCUT2D eigenvalue weighted by atomic mass is 16.1. The fourth-order valence-corrected chi connectivity index (χ4v) is 3.19. The van der Waals surface area contributed by atoms with Crippen LogP contribution in [0.1, 0.15) is 42.9 Å². The molecule has 132 valence electrons. The van der Waals surface area contributed by atoms with Gasteiger partial charge in [0.1, 0.15) is 0 Å². The lowest BCUT2D eigenvalue weighted by molar-refractivity contribution is -0.123. The van der Waals surface area contributed by atoms with Gasteiger partial charge in [0.25, 0.3) is 0 Å². The van der Waals surface area contributed by atoms with Crippen LogP contribution in [0.2, 0.25) is 0 Å². The van der Waals surface area contributed by atoms with Crippen LogP contribution < -0.4 is 5.32 Å². The summed E-state index contributed by atoms with van der Waals surface area (Å²) in [5, 5.41) is 3.16. The number of rotatable bonds is 6. The minimum atomic E-state index is -0.469. The van der Waals surface area contributed by atoms with E-state index in [0.717, 1.165) is 16.7 Å². The van der Waals surface area contributed by atoms with Gasteiger partial charge in [0, 0.05) is 24.7 Å². The molecule has 0 atom stereocenters. The molecule has 0 spiro atoms. The molecule has 0 radical (unpaired) electrons. The molecule has 3 aromatic rings. The lowest BCUT2D eigenvalue weighted by atomic mass is 9.87. The second-order valence-corrected chi connectivity index (χ2v) is 6.99. The molecule has 0 aliphatic carbocycles. The Morgan fingerprint density at radius 2 is 1.50 bits per heavy atom. The minimum Gasteiger partial charge on any atom is -0.347 e. The third kappa shape index (κ3) is 4.37. The topological polar surface area (TPSA) is 42.0 Å². The summed E-state index contributed by atoms with van der Waals surface area (Å²) in [6.45, 7) is 4.00. The Balaban J connectivity index is 1.80. The number of hydrogen-bond acceptors (Lipinski definition) is 2. The number of amides is 1. The largest absolute Gasteiger partial charge is 0.347 e. The Labute approximate surface area is 155 Å². The van der Waals surface area contributed by atoms with E-state index < -0.39 is 5.54 Å². The first-order chi connectivity index (χ1) is 12.6. The molecule has 0 saturated carbocycles. The number of pyridine rings is 1. The van der Waals surface area contributed by atoms with Crippen LogP contribution in [-0.4, -0.2) is 10.9 Å². The highest BCUT2D eigenvalue weighted by Gasteiger charge is 2.25. The zero-order chi connectivity index (χ0) is 18.4. The van der Waals surface area contributed by atoms with Crippen molar-refractivity contribution in [3.63, 3.8) is 0 Å². The first kappa shape index (κ1) is 17.9. The maximum absolute atomic E-state index is 12.9. The molecule has 0 bridgehead atoms. The number of hydrogen-bond donors (Lipinski definition) is 1. The van der Waals surface area contributed by atoms with Gasteiger partial charge in [-0.2, -0.15) is 0 Å². The van der Waals surface area contributed by atoms with Gasteiger partial charge >= 0.3 is 0 Å². The molecule has 2 aromatic carbocycles. The quantitative estimate of drug-likeness (QED) is 0.707. The van der Waals surface area contributed by atoms with Crippen molar-refractivity contribution in [3.8, 4) is 0 Å². The summed E-state index contributed by atoms with van der Waals surface area (Å²) in [4.78, 5) is 17.0. The van der Waals surface area contributed by atoms with Gasteiger partial charge in [-0.05, 0) is 36.6 Å². The molecule has 1 N–H and O–H groups in total. The van der Waals surface area contributed by atoms with E-state index in [-0.39, 0.29) is 11.8 Å². The fourth-order valence-electron chi connectivity index (χ4n) is 3.19. The molecule has 0 unspecified atom stereocenters. The van der Waals surface area contributed by atoms with Crippen LogP contribution in [0.15, 0.2) is 85.2 Å². The molecular formula is C23H24N2O. The van der Waals surface area contributed by atoms with Gasteiger partial charge in [0.15, 0.2) is 0 Å². The molecule has 0 aliphatic rings. The monoisotopic (exact) mass is 344 g/mol. The average Bonchev–Trinajstić information content (AvgIpc) is 2.68. The van der Waals surface area contributed by atoms with Crippen molar-refractivity contribution in [3.05, 3.63) is 102 Å². The van der Waals surface area contributed by atoms with Crippen LogP contribution in [0.4, 0.5) is 0 Å². The maximum atomic E-state index is 12.9. The first-order valence-electron chi connectivity index (χ1n) is 8.88. The Bertz CT molecular complexity index is 790. The number of carbonyl (C=O) groups is 1. The summed E-state index contributed by atoms with van der Waals surface area (Å²) in [5.41, 5.74) is 2.81. The Hall–Kier alpha value is -2.94. The van der Waals surface area contributed by atoms with Gasteiger partial charge in [0.05, 0.1) is 5.54 Å². The molecule has 3 nitrogen and oxygen atoms in total. The van der Waals surface area contributed by atoms with Crippen LogP contribution in [0.3, 0.4) is 0 Å². The maximum Gasteiger partial charge on any atom is 0.221 e. The van der Waals surface area contributed by atoms with Crippen LogP contribution in [0, 0.1) is 0 Å². The average molecular weight is 344 g/mol. The highest BCUT2D eigenvalue weighted by molar-refractivity contribution is 5.78. The van der Waals surface area contributed by atoms with Gasteiger partial charge in [-0.25, -0.2) is 0 Å². The highest BCUT2D eigenvalue weighted by Crippen LogP contribution is 2.28. The van der Waals surface area contributed by atoms with Crippen molar-refractivity contribution in [1.82, 2.24) is 10.3 Å². The number of benzene rings is 2. The van der Waals surface area contributed by atoms with Gasteiger partial charge in [-0.1, -0.05) is 66.7 Å². The van der Waals surface area contributed by atoms with E-state index in [1.165, 1.54) is 0 Å². The van der Waals surface area contributed by atoms with Gasteiger partial charge < -0.3 is 5.32 Å². The molecule has 1 heterocycles. The molecule has 0 fully saturated rings. The lowest BCUT2D eigenvalue weighted by Gasteiger charge is -2.28. The number of nitrogens with one attached hydrogen (secondary N) is 1. The van der Waals surface area contributed by atoms with Crippen molar-refractivity contribution in [2.45, 2.75) is 31.7 Å². The van der Waals surface area contributed by atoms with Crippen LogP contribution in [0.5, 0.6) is 0 Å². The van der Waals surface area contributed by atoms with Crippen LogP contribution >= 0.6 is 0 Å². The Morgan fingerprint density at radius 3 is 2.00 bits per heavy atom. The van der Waals surface area contributed by atoms with E-state index in [1.807, 2.05) is 62.4 Å². The molecule has 26 heavy (non-hydrogen) atoms. The first-order valence-corrected chi connectivity index (χ1v) is 8.88. The van der Waals surface area contributed by atoms with E-state index >= 15 is 0 Å². The van der Waals surface area contributed by atoms with Crippen LogP contribution in [-0.2, 0) is 10.3 Å². The number of nitrogens with zero attached hydrogens (tertiary/aromatic N) is 1. The summed E-state index contributed by atoms with van der Waals surface area (Å²) in [7, 11) is 0. The second-order valence-electron chi connectivity index (χ2n) is 6.99. The molecular weight excluding hydrogens is 320 g/mol. The smallest absolute Gasteiger partial charge is 0.221 e. The fraction of sp³-hybridized carbons (Fsp3) is 0.217. The predicted molar refractivity (Wildman–Crippen MR) is 105 cm³/mol. The lowest BCUT2D eigenvalue weighted by Crippen LogP contribution is -2.41. The van der Waals surface area contributed by atoms with E-state index in [1.54, 1.807) is 12.4 Å². The SMILES string of the molecule is CC(C)(NC(=O)CC(c1ccccc1)c1ccccc1)c1cccnc1. The molecule has 3 rings (SSSR count). The van der Waals surface area contributed by atoms with Gasteiger partial charge in [0.2, 0.25) is 5.91 Å². The zero-order valence-electron chi connectivity index (χ0n) is 15.2. The summed E-state index contributed by atoms with van der Waals surface area (Å²) >= 11 is 0. The normalized spacial score (nSPS) is 11.3. The Morgan fingerprint density at radius 1 is 0.923 bits per heavy atom. The van der Waals surface area contributed by atoms with Crippen LogP contribution in [0.25, 0.3) is 0 Å². The van der Waals surface area contributed by atoms with Gasteiger partial charge in [-0.15, -0.1) is 0 Å². The van der Waals surface area contributed by atoms with Crippen molar-refractivity contribution in [2.24, 2.45) is 0 Å². The summed E-state index contributed by atoms with van der Waals surface area (Å²) < 4.78 is 0. The summed E-state index contributed by atoms with van der Waals surface area (Å²) in [6.07, 6.45) is 3.94. The standard InChI is InChI=1S/C23H24N2O/c1-23(2,20-14-9-15-24-17-20)25-22(26)16-21(18-10-5-3-6-11-18)19-12-7-4-8-13-19/h3-15,17,21H,16H2,1-2H3,(H,25,26). The number of aromatic nitrogens is 1. The molecule has 3 heteroatoms. The third-order valence-electron chi connectivity index (χ3n) is 4.63. The van der Waals surface area contributed by atoms with Crippen molar-refractivity contribution in [1.29, 1.82) is 0 Å². The van der Waals surface area contributed by atoms with Crippen molar-refractivity contribution >= 4 is 5.91 Å². The molecule has 0 aliphatic heterocycles. The van der Waals surface area contributed by atoms with E-state index in [9.17, 15) is 4.79 Å². The van der Waals surface area contributed by atoms with E-state index in [4.69, 9.17) is 0 Å². The summed E-state index contributed by atoms with van der Waals surface area (Å²) in [5.74, 6) is 0.0543. The van der Waals surface area contributed by atoms with Crippen molar-refractivity contribution in [2.75, 3.05) is 0 Å². The van der Waals surface area contributed by atoms with Gasteiger partial charge in [-0.3, -0.25) is 9.78 Å².